The van der Waals surface area contributed by atoms with E-state index in [4.69, 9.17) is 4.74 Å². The summed E-state index contributed by atoms with van der Waals surface area (Å²) in [5, 5.41) is 13.4. The molecule has 1 N–H and O–H groups in total. The van der Waals surface area contributed by atoms with Gasteiger partial charge in [-0.05, 0) is 68.5 Å². The summed E-state index contributed by atoms with van der Waals surface area (Å²) < 4.78 is 5.27. The van der Waals surface area contributed by atoms with Gasteiger partial charge < -0.3 is 15.0 Å². The molecule has 1 aliphatic carbocycles. The standard InChI is InChI=1S/C28H31N3O2/c1-5-31(6-2)22-11-7-20(8-12-22)27-24(17-29)18(3)30-25-15-21(16-26(32)28(25)27)19-9-13-23(33-4)14-10-19/h7-14,21,27,30H,5-6,15-16H2,1-4H3. The van der Waals surface area contributed by atoms with E-state index in [2.05, 4.69) is 54.4 Å². The first-order valence-corrected chi connectivity index (χ1v) is 11.6. The van der Waals surface area contributed by atoms with E-state index in [0.29, 0.717) is 12.0 Å². The summed E-state index contributed by atoms with van der Waals surface area (Å²) in [4.78, 5) is 15.8. The molecule has 2 aromatic carbocycles. The normalized spacial score (nSPS) is 20.2. The summed E-state index contributed by atoms with van der Waals surface area (Å²) in [5.74, 6) is 0.711. The van der Waals surface area contributed by atoms with Gasteiger partial charge in [-0.1, -0.05) is 24.3 Å². The Labute approximate surface area is 196 Å². The number of anilines is 1. The smallest absolute Gasteiger partial charge is 0.162 e. The lowest BCUT2D eigenvalue weighted by molar-refractivity contribution is -0.116. The molecule has 2 aromatic rings. The van der Waals surface area contributed by atoms with Crippen LogP contribution < -0.4 is 15.0 Å². The maximum absolute atomic E-state index is 13.5. The van der Waals surface area contributed by atoms with Gasteiger partial charge in [0, 0.05) is 42.2 Å². The number of carbonyl (C=O) groups is 1. The predicted molar refractivity (Wildman–Crippen MR) is 131 cm³/mol. The molecule has 170 valence electrons. The molecule has 0 aromatic heterocycles. The van der Waals surface area contributed by atoms with Crippen LogP contribution in [0.25, 0.3) is 0 Å². The van der Waals surface area contributed by atoms with Crippen molar-refractivity contribution >= 4 is 11.5 Å². The summed E-state index contributed by atoms with van der Waals surface area (Å²) in [6, 6.07) is 18.7. The summed E-state index contributed by atoms with van der Waals surface area (Å²) in [6.45, 7) is 8.09. The molecule has 5 nitrogen and oxygen atoms in total. The Balaban J connectivity index is 1.70. The van der Waals surface area contributed by atoms with E-state index in [9.17, 15) is 10.1 Å². The van der Waals surface area contributed by atoms with Crippen LogP contribution in [0.15, 0.2) is 71.1 Å². The minimum atomic E-state index is -0.318. The fourth-order valence-electron chi connectivity index (χ4n) is 5.10. The van der Waals surface area contributed by atoms with E-state index >= 15 is 0 Å². The third-order valence-corrected chi connectivity index (χ3v) is 6.89. The molecule has 5 heteroatoms. The molecular formula is C28H31N3O2. The number of Topliss-reactive ketones (excluding diaryl/α,β-unsaturated/α-hetero) is 1. The highest BCUT2D eigenvalue weighted by atomic mass is 16.5. The number of methoxy groups -OCH3 is 1. The van der Waals surface area contributed by atoms with Crippen molar-refractivity contribution in [2.45, 2.75) is 45.4 Å². The zero-order valence-electron chi connectivity index (χ0n) is 19.8. The monoisotopic (exact) mass is 441 g/mol. The number of dihydropyridines is 1. The van der Waals surface area contributed by atoms with Crippen LogP contribution >= 0.6 is 0 Å². The number of ketones is 1. The molecule has 1 heterocycles. The first-order valence-electron chi connectivity index (χ1n) is 11.6. The molecule has 0 radical (unpaired) electrons. The average molecular weight is 442 g/mol. The van der Waals surface area contributed by atoms with Crippen LogP contribution in [0.1, 0.15) is 56.6 Å². The second-order valence-corrected chi connectivity index (χ2v) is 8.67. The fraction of sp³-hybridized carbons (Fsp3) is 0.357. The largest absolute Gasteiger partial charge is 0.497 e. The predicted octanol–water partition coefficient (Wildman–Crippen LogP) is 5.43. The Morgan fingerprint density at radius 3 is 2.24 bits per heavy atom. The number of rotatable bonds is 6. The number of hydrogen-bond acceptors (Lipinski definition) is 5. The molecule has 2 atom stereocenters. The highest BCUT2D eigenvalue weighted by Crippen LogP contribution is 2.45. The zero-order chi connectivity index (χ0) is 23.5. The van der Waals surface area contributed by atoms with Crippen molar-refractivity contribution in [2.24, 2.45) is 0 Å². The van der Waals surface area contributed by atoms with Crippen LogP contribution in [-0.4, -0.2) is 26.0 Å². The highest BCUT2D eigenvalue weighted by molar-refractivity contribution is 6.00. The zero-order valence-corrected chi connectivity index (χ0v) is 19.8. The second-order valence-electron chi connectivity index (χ2n) is 8.67. The van der Waals surface area contributed by atoms with Crippen molar-refractivity contribution < 1.29 is 9.53 Å². The first-order chi connectivity index (χ1) is 16.0. The number of allylic oxidation sites excluding steroid dienone is 4. The Hall–Kier alpha value is -3.52. The molecule has 0 bridgehead atoms. The Kier molecular flexibility index (Phi) is 6.55. The van der Waals surface area contributed by atoms with Gasteiger partial charge in [0.15, 0.2) is 5.78 Å². The lowest BCUT2D eigenvalue weighted by atomic mass is 9.72. The van der Waals surface area contributed by atoms with Gasteiger partial charge in [-0.25, -0.2) is 0 Å². The van der Waals surface area contributed by atoms with Gasteiger partial charge in [0.1, 0.15) is 5.75 Å². The van der Waals surface area contributed by atoms with Gasteiger partial charge >= 0.3 is 0 Å². The Morgan fingerprint density at radius 1 is 1.03 bits per heavy atom. The molecule has 4 rings (SSSR count). The Morgan fingerprint density at radius 2 is 1.67 bits per heavy atom. The quantitative estimate of drug-likeness (QED) is 0.648. The highest BCUT2D eigenvalue weighted by Gasteiger charge is 2.38. The van der Waals surface area contributed by atoms with Gasteiger partial charge in [0.2, 0.25) is 0 Å². The van der Waals surface area contributed by atoms with Crippen LogP contribution in [0.5, 0.6) is 5.75 Å². The minimum Gasteiger partial charge on any atom is -0.497 e. The molecule has 33 heavy (non-hydrogen) atoms. The number of nitriles is 1. The molecule has 0 saturated heterocycles. The van der Waals surface area contributed by atoms with Crippen molar-refractivity contribution in [3.8, 4) is 11.8 Å². The van der Waals surface area contributed by atoms with Crippen molar-refractivity contribution in [2.75, 3.05) is 25.1 Å². The third kappa shape index (κ3) is 4.26. The molecular weight excluding hydrogens is 410 g/mol. The van der Waals surface area contributed by atoms with Crippen molar-refractivity contribution in [1.29, 1.82) is 5.26 Å². The molecule has 1 aliphatic heterocycles. The van der Waals surface area contributed by atoms with Gasteiger partial charge in [0.05, 0.1) is 24.7 Å². The van der Waals surface area contributed by atoms with Gasteiger partial charge in [-0.3, -0.25) is 4.79 Å². The summed E-state index contributed by atoms with van der Waals surface area (Å²) in [7, 11) is 1.65. The van der Waals surface area contributed by atoms with Crippen LogP contribution in [0.2, 0.25) is 0 Å². The number of hydrogen-bond donors (Lipinski definition) is 1. The van der Waals surface area contributed by atoms with Crippen molar-refractivity contribution in [3.63, 3.8) is 0 Å². The number of nitrogens with zero attached hydrogens (tertiary/aromatic N) is 2. The molecule has 0 amide bonds. The number of ether oxygens (including phenoxy) is 1. The van der Waals surface area contributed by atoms with Gasteiger partial charge in [0.25, 0.3) is 0 Å². The van der Waals surface area contributed by atoms with E-state index in [0.717, 1.165) is 59.0 Å². The third-order valence-electron chi connectivity index (χ3n) is 6.89. The number of benzene rings is 2. The van der Waals surface area contributed by atoms with Crippen LogP contribution in [0, 0.1) is 11.3 Å². The van der Waals surface area contributed by atoms with Crippen LogP contribution in [0.3, 0.4) is 0 Å². The van der Waals surface area contributed by atoms with Gasteiger partial charge in [-0.2, -0.15) is 5.26 Å². The maximum atomic E-state index is 13.5. The van der Waals surface area contributed by atoms with E-state index in [-0.39, 0.29) is 17.6 Å². The van der Waals surface area contributed by atoms with E-state index in [1.54, 1.807) is 7.11 Å². The molecule has 0 fully saturated rings. The summed E-state index contributed by atoms with van der Waals surface area (Å²) in [6.07, 6.45) is 1.19. The summed E-state index contributed by atoms with van der Waals surface area (Å²) in [5.41, 5.74) is 6.43. The molecule has 2 unspecified atom stereocenters. The summed E-state index contributed by atoms with van der Waals surface area (Å²) >= 11 is 0. The van der Waals surface area contributed by atoms with Crippen LogP contribution in [0.4, 0.5) is 5.69 Å². The average Bonchev–Trinajstić information content (AvgIpc) is 2.84. The lowest BCUT2D eigenvalue weighted by Crippen LogP contribution is -2.33. The van der Waals surface area contributed by atoms with E-state index in [1.807, 2.05) is 31.2 Å². The number of nitrogens with one attached hydrogen (secondary N) is 1. The molecule has 0 spiro atoms. The van der Waals surface area contributed by atoms with E-state index < -0.39 is 0 Å². The van der Waals surface area contributed by atoms with Crippen molar-refractivity contribution in [3.05, 3.63) is 82.2 Å². The maximum Gasteiger partial charge on any atom is 0.162 e. The topological polar surface area (TPSA) is 65.4 Å². The Bertz CT molecular complexity index is 1130. The SMILES string of the molecule is CCN(CC)c1ccc(C2C(C#N)=C(C)NC3=C2C(=O)CC(c2ccc(OC)cc2)C3)cc1. The van der Waals surface area contributed by atoms with E-state index in [1.165, 1.54) is 0 Å². The van der Waals surface area contributed by atoms with Crippen molar-refractivity contribution in [1.82, 2.24) is 5.32 Å². The fourth-order valence-corrected chi connectivity index (χ4v) is 5.10. The second kappa shape index (κ2) is 9.54. The molecule has 0 saturated carbocycles. The lowest BCUT2D eigenvalue weighted by Gasteiger charge is -2.36. The minimum absolute atomic E-state index is 0.108. The molecule has 2 aliphatic rings. The van der Waals surface area contributed by atoms with Gasteiger partial charge in [-0.15, -0.1) is 0 Å². The first kappa shape index (κ1) is 22.7. The van der Waals surface area contributed by atoms with Crippen LogP contribution in [-0.2, 0) is 4.79 Å². The number of carbonyl (C=O) groups excluding carboxylic acids is 1.